The highest BCUT2D eigenvalue weighted by atomic mass is 16.1. The Morgan fingerprint density at radius 2 is 1.09 bits per heavy atom. The van der Waals surface area contributed by atoms with Gasteiger partial charge in [0.05, 0.1) is 0 Å². The van der Waals surface area contributed by atoms with Crippen LogP contribution < -0.4 is 16.8 Å². The summed E-state index contributed by atoms with van der Waals surface area (Å²) in [5.41, 5.74) is 14.3. The summed E-state index contributed by atoms with van der Waals surface area (Å²) in [5, 5.41) is 3.29. The van der Waals surface area contributed by atoms with Gasteiger partial charge in [-0.1, -0.05) is 271 Å². The molecule has 0 aromatic rings. The predicted octanol–water partition coefficient (Wildman–Crippen LogP) is 21.8. The van der Waals surface area contributed by atoms with Crippen molar-refractivity contribution < 1.29 is 4.79 Å². The summed E-state index contributed by atoms with van der Waals surface area (Å²) in [6.07, 6.45) is 17.7. The average molecular weight is 955 g/mol. The van der Waals surface area contributed by atoms with Crippen molar-refractivity contribution >= 4 is 5.91 Å². The van der Waals surface area contributed by atoms with Crippen LogP contribution >= 0.6 is 0 Å². The third-order valence-electron chi connectivity index (χ3n) is 10.6. The van der Waals surface area contributed by atoms with E-state index in [1.807, 2.05) is 96.9 Å². The summed E-state index contributed by atoms with van der Waals surface area (Å²) >= 11 is 0. The molecule has 2 fully saturated rings. The van der Waals surface area contributed by atoms with Crippen molar-refractivity contribution in [2.24, 2.45) is 63.2 Å². The van der Waals surface area contributed by atoms with Crippen molar-refractivity contribution in [2.45, 2.75) is 291 Å². The van der Waals surface area contributed by atoms with E-state index in [1.165, 1.54) is 57.8 Å². The van der Waals surface area contributed by atoms with E-state index in [0.29, 0.717) is 34.4 Å². The van der Waals surface area contributed by atoms with Gasteiger partial charge >= 0.3 is 0 Å². The van der Waals surface area contributed by atoms with Crippen LogP contribution in [0.4, 0.5) is 0 Å². The molecule has 0 spiro atoms. The third-order valence-corrected chi connectivity index (χ3v) is 10.6. The van der Waals surface area contributed by atoms with Crippen molar-refractivity contribution in [3.8, 4) is 0 Å². The minimum absolute atomic E-state index is 0.245. The highest BCUT2D eigenvalue weighted by Crippen LogP contribution is 2.46. The number of carbonyl (C=O) groups is 1. The Kier molecular flexibility index (Phi) is 86.7. The van der Waals surface area contributed by atoms with Crippen LogP contribution in [0.1, 0.15) is 285 Å². The van der Waals surface area contributed by atoms with Crippen LogP contribution in [0.15, 0.2) is 62.0 Å². The van der Waals surface area contributed by atoms with Crippen molar-refractivity contribution in [2.75, 3.05) is 0 Å². The quantitative estimate of drug-likeness (QED) is 0.113. The van der Waals surface area contributed by atoms with Crippen molar-refractivity contribution in [3.05, 3.63) is 62.0 Å². The van der Waals surface area contributed by atoms with Crippen LogP contribution in [-0.2, 0) is 4.79 Å². The van der Waals surface area contributed by atoms with E-state index in [0.717, 1.165) is 53.2 Å². The molecular formula is C63H139N3O. The number of amides is 1. The lowest BCUT2D eigenvalue weighted by atomic mass is 9.76. The summed E-state index contributed by atoms with van der Waals surface area (Å²) < 4.78 is 0. The van der Waals surface area contributed by atoms with Gasteiger partial charge in [-0.25, -0.2) is 0 Å². The number of carbonyl (C=O) groups excluding carboxylic acids is 1. The fourth-order valence-corrected chi connectivity index (χ4v) is 5.25. The number of nitrogens with one attached hydrogen (secondary N) is 1. The number of hydrogen-bond donors (Lipinski definition) is 3. The number of nitrogens with two attached hydrogens (primary N) is 2. The van der Waals surface area contributed by atoms with Crippen LogP contribution in [0, 0.1) is 51.8 Å². The molecule has 0 bridgehead atoms. The molecule has 0 aliphatic heterocycles. The molecule has 2 saturated carbocycles. The monoisotopic (exact) mass is 954 g/mol. The fraction of sp³-hybridized carbons (Fsp3) is 0.825. The standard InChI is InChI=1S/C12H21N.C10H22.C9H19N.C9H16.C5H12.C3H7NO.C3H6.6C2H6/c1-9(7-10(2)11(3)13)8-12-5-4-6-12;1-6-8-9(3)10(4,5)7-2;1-7(2)10-8(3)9(4,5)6;1-4-7(3)9-6-8(9)5-2;1-5(2,3)4;1-2-3(4)5;1-3-2;6*1-2/h9,12H,2-8,13H2,1H3;9H,6-8H2,1-5H3;8,10H,1H2,2-6H3;4,7-9H,1,5-6H2,2-3H3;1-4H3;2H2,1H3,(H2,4,5);3H,1H2,2H3;6*1-2H3/t;;;7?,8-,9-;;;;;;;;;/m...1........./s1. The topological polar surface area (TPSA) is 81.1 Å². The van der Waals surface area contributed by atoms with Gasteiger partial charge in [-0.3, -0.25) is 4.79 Å². The highest BCUT2D eigenvalue weighted by molar-refractivity contribution is 5.73. The lowest BCUT2D eigenvalue weighted by molar-refractivity contribution is -0.117. The molecule has 0 saturated heterocycles. The lowest BCUT2D eigenvalue weighted by Gasteiger charge is -2.30. The first kappa shape index (κ1) is 91.1. The number of hydrogen-bond acceptors (Lipinski definition) is 3. The Labute approximate surface area is 430 Å². The molecule has 6 atom stereocenters. The Balaban J connectivity index is -0.0000000600. The lowest BCUT2D eigenvalue weighted by Crippen LogP contribution is -2.36. The SMILES string of the molecule is C=C(C)NC(C)C(C)(C)C.C=C(N)C(=C)CC(C)CC1CCC1.C=CC.C=CC(C)[C@H]1C[C@H]1CC.CC.CC.CC.CC.CC.CC.CC(C)(C)C.CCC(N)=O.CCCC(C)C(C)(C)CC. The number of allylic oxidation sites excluding steroid dienone is 4. The zero-order valence-corrected chi connectivity index (χ0v) is 53.1. The van der Waals surface area contributed by atoms with Crippen molar-refractivity contribution in [1.29, 1.82) is 0 Å². The first-order valence-corrected chi connectivity index (χ1v) is 28.0. The van der Waals surface area contributed by atoms with Crippen LogP contribution in [0.3, 0.4) is 0 Å². The van der Waals surface area contributed by atoms with Gasteiger partial charge < -0.3 is 16.8 Å². The van der Waals surface area contributed by atoms with Crippen LogP contribution in [-0.4, -0.2) is 11.9 Å². The van der Waals surface area contributed by atoms with E-state index in [4.69, 9.17) is 5.73 Å². The molecule has 0 aromatic carbocycles. The highest BCUT2D eigenvalue weighted by Gasteiger charge is 2.37. The van der Waals surface area contributed by atoms with Gasteiger partial charge in [0.25, 0.3) is 0 Å². The molecule has 5 N–H and O–H groups in total. The maximum absolute atomic E-state index is 9.59. The van der Waals surface area contributed by atoms with E-state index in [1.54, 1.807) is 13.0 Å². The molecule has 2 rings (SSSR count). The molecule has 67 heavy (non-hydrogen) atoms. The van der Waals surface area contributed by atoms with E-state index >= 15 is 0 Å². The third kappa shape index (κ3) is 84.2. The van der Waals surface area contributed by atoms with E-state index in [2.05, 4.69) is 161 Å². The zero-order valence-electron chi connectivity index (χ0n) is 53.1. The molecule has 4 nitrogen and oxygen atoms in total. The van der Waals surface area contributed by atoms with Gasteiger partial charge in [-0.05, 0) is 97.4 Å². The van der Waals surface area contributed by atoms with Gasteiger partial charge in [0, 0.05) is 23.9 Å². The van der Waals surface area contributed by atoms with Crippen LogP contribution in [0.5, 0.6) is 0 Å². The molecule has 0 aromatic heterocycles. The minimum Gasteiger partial charge on any atom is -0.399 e. The minimum atomic E-state index is -0.245. The summed E-state index contributed by atoms with van der Waals surface area (Å²) in [6, 6.07) is 0.491. The Bertz CT molecular complexity index is 999. The second kappa shape index (κ2) is 63.8. The zero-order chi connectivity index (χ0) is 56.8. The van der Waals surface area contributed by atoms with Crippen LogP contribution in [0.25, 0.3) is 0 Å². The molecule has 1 amide bonds. The largest absolute Gasteiger partial charge is 0.399 e. The summed E-state index contributed by atoms with van der Waals surface area (Å²) in [6.45, 7) is 84.2. The first-order chi connectivity index (χ1) is 30.9. The number of rotatable bonds is 15. The van der Waals surface area contributed by atoms with Gasteiger partial charge in [0.2, 0.25) is 5.91 Å². The van der Waals surface area contributed by atoms with Gasteiger partial charge in [0.15, 0.2) is 0 Å². The summed E-state index contributed by atoms with van der Waals surface area (Å²) in [7, 11) is 0. The van der Waals surface area contributed by atoms with E-state index < -0.39 is 0 Å². The van der Waals surface area contributed by atoms with Gasteiger partial charge in [-0.15, -0.1) is 13.2 Å². The molecule has 0 radical (unpaired) electrons. The Hall–Kier alpha value is -2.23. The molecule has 2 aliphatic rings. The Morgan fingerprint density at radius 3 is 1.27 bits per heavy atom. The molecular weight excluding hydrogens is 815 g/mol. The van der Waals surface area contributed by atoms with Crippen molar-refractivity contribution in [3.63, 3.8) is 0 Å². The average Bonchev–Trinajstić information content (AvgIpc) is 4.07. The molecule has 0 heterocycles. The maximum Gasteiger partial charge on any atom is 0.217 e. The fourth-order valence-electron chi connectivity index (χ4n) is 5.25. The van der Waals surface area contributed by atoms with Crippen LogP contribution in [0.2, 0.25) is 0 Å². The normalized spacial score (nSPS) is 15.1. The van der Waals surface area contributed by atoms with E-state index in [-0.39, 0.29) is 5.91 Å². The van der Waals surface area contributed by atoms with Gasteiger partial charge in [0.1, 0.15) is 0 Å². The second-order valence-electron chi connectivity index (χ2n) is 19.9. The van der Waals surface area contributed by atoms with Gasteiger partial charge in [-0.2, -0.15) is 0 Å². The van der Waals surface area contributed by atoms with E-state index in [9.17, 15) is 4.79 Å². The maximum atomic E-state index is 9.59. The summed E-state index contributed by atoms with van der Waals surface area (Å²) in [4.78, 5) is 9.59. The predicted molar refractivity (Wildman–Crippen MR) is 323 cm³/mol. The summed E-state index contributed by atoms with van der Waals surface area (Å²) in [5.74, 6) is 5.10. The molecule has 2 aliphatic carbocycles. The second-order valence-corrected chi connectivity index (χ2v) is 19.9. The molecule has 4 heteroatoms. The Morgan fingerprint density at radius 1 is 0.731 bits per heavy atom. The first-order valence-electron chi connectivity index (χ1n) is 28.0. The number of primary amides is 1. The molecule has 4 unspecified atom stereocenters. The molecule has 412 valence electrons. The van der Waals surface area contributed by atoms with Crippen molar-refractivity contribution in [1.82, 2.24) is 5.32 Å². The smallest absolute Gasteiger partial charge is 0.217 e.